The van der Waals surface area contributed by atoms with Crippen molar-refractivity contribution in [2.24, 2.45) is 0 Å². The first kappa shape index (κ1) is 13.1. The van der Waals surface area contributed by atoms with Crippen molar-refractivity contribution >= 4 is 10.0 Å². The predicted molar refractivity (Wildman–Crippen MR) is 65.0 cm³/mol. The summed E-state index contributed by atoms with van der Waals surface area (Å²) < 4.78 is 35.2. The molecular weight excluding hydrogens is 258 g/mol. The molecule has 1 aliphatic rings. The lowest BCUT2D eigenvalue weighted by Crippen LogP contribution is -2.29. The van der Waals surface area contributed by atoms with E-state index >= 15 is 0 Å². The van der Waals surface area contributed by atoms with E-state index in [0.29, 0.717) is 17.1 Å². The molecule has 0 fully saturated rings. The van der Waals surface area contributed by atoms with Gasteiger partial charge in [0.1, 0.15) is 0 Å². The second-order valence-corrected chi connectivity index (χ2v) is 5.98. The average Bonchev–Trinajstić information content (AvgIpc) is 2.83. The molecule has 100 valence electrons. The van der Waals surface area contributed by atoms with Gasteiger partial charge < -0.3 is 14.6 Å². The van der Waals surface area contributed by atoms with Crippen LogP contribution in [0.1, 0.15) is 18.6 Å². The highest BCUT2D eigenvalue weighted by Gasteiger charge is 2.17. The van der Waals surface area contributed by atoms with Crippen molar-refractivity contribution in [1.29, 1.82) is 0 Å². The van der Waals surface area contributed by atoms with Crippen LogP contribution in [0.2, 0.25) is 0 Å². The van der Waals surface area contributed by atoms with Gasteiger partial charge in [0, 0.05) is 6.54 Å². The molecule has 1 aromatic carbocycles. The molecule has 1 unspecified atom stereocenters. The highest BCUT2D eigenvalue weighted by Crippen LogP contribution is 2.34. The summed E-state index contributed by atoms with van der Waals surface area (Å²) >= 11 is 0. The fourth-order valence-electron chi connectivity index (χ4n) is 1.55. The van der Waals surface area contributed by atoms with Gasteiger partial charge in [-0.25, -0.2) is 13.1 Å². The number of fused-ring (bicyclic) bond motifs is 1. The van der Waals surface area contributed by atoms with Gasteiger partial charge in [0.25, 0.3) is 0 Å². The van der Waals surface area contributed by atoms with Crippen LogP contribution in [-0.4, -0.2) is 32.6 Å². The molecule has 18 heavy (non-hydrogen) atoms. The summed E-state index contributed by atoms with van der Waals surface area (Å²) in [5.41, 5.74) is 0.582. The molecule has 1 heterocycles. The Morgan fingerprint density at radius 2 is 2.11 bits per heavy atom. The topological polar surface area (TPSA) is 84.9 Å². The molecule has 2 N–H and O–H groups in total. The molecule has 0 radical (unpaired) electrons. The molecule has 1 atom stereocenters. The smallest absolute Gasteiger partial charge is 0.231 e. The lowest BCUT2D eigenvalue weighted by atomic mass is 10.1. The van der Waals surface area contributed by atoms with Crippen LogP contribution in [0.15, 0.2) is 18.2 Å². The lowest BCUT2D eigenvalue weighted by Gasteiger charge is -2.12. The maximum Gasteiger partial charge on any atom is 0.231 e. The number of hydrogen-bond donors (Lipinski definition) is 2. The molecule has 6 nitrogen and oxygen atoms in total. The Hall–Kier alpha value is -1.31. The molecule has 0 saturated carbocycles. The van der Waals surface area contributed by atoms with Crippen molar-refractivity contribution in [2.75, 3.05) is 19.1 Å². The van der Waals surface area contributed by atoms with Crippen LogP contribution >= 0.6 is 0 Å². The minimum Gasteiger partial charge on any atom is -0.454 e. The van der Waals surface area contributed by atoms with Crippen molar-refractivity contribution in [3.63, 3.8) is 0 Å². The molecule has 0 amide bonds. The molecule has 1 aromatic rings. The summed E-state index contributed by atoms with van der Waals surface area (Å²) in [7, 11) is -3.30. The third-order valence-corrected chi connectivity index (χ3v) is 4.02. The van der Waals surface area contributed by atoms with E-state index in [-0.39, 0.29) is 19.1 Å². The summed E-state index contributed by atoms with van der Waals surface area (Å²) in [4.78, 5) is 0. The summed E-state index contributed by atoms with van der Waals surface area (Å²) in [6, 6.07) is 5.01. The van der Waals surface area contributed by atoms with Gasteiger partial charge in [-0.15, -0.1) is 0 Å². The number of nitrogens with one attached hydrogen (secondary N) is 1. The second-order valence-electron chi connectivity index (χ2n) is 3.88. The Bertz CT molecular complexity index is 528. The van der Waals surface area contributed by atoms with Gasteiger partial charge in [0.15, 0.2) is 11.5 Å². The highest BCUT2D eigenvalue weighted by atomic mass is 32.2. The Labute approximate surface area is 106 Å². The fourth-order valence-corrected chi connectivity index (χ4v) is 2.16. The van der Waals surface area contributed by atoms with E-state index in [1.807, 2.05) is 0 Å². The number of aliphatic hydroxyl groups is 1. The zero-order valence-electron chi connectivity index (χ0n) is 9.92. The van der Waals surface area contributed by atoms with Gasteiger partial charge in [0.05, 0.1) is 11.9 Å². The Morgan fingerprint density at radius 1 is 1.39 bits per heavy atom. The van der Waals surface area contributed by atoms with E-state index in [4.69, 9.17) is 9.47 Å². The standard InChI is InChI=1S/C11H15NO5S/c1-2-18(14,15)12-6-9(13)8-3-4-10-11(5-8)17-7-16-10/h3-5,9,12-13H,2,6-7H2,1H3. The first-order valence-electron chi connectivity index (χ1n) is 5.57. The van der Waals surface area contributed by atoms with Crippen molar-refractivity contribution in [3.05, 3.63) is 23.8 Å². The van der Waals surface area contributed by atoms with Crippen molar-refractivity contribution < 1.29 is 23.0 Å². The molecule has 0 aliphatic carbocycles. The first-order valence-corrected chi connectivity index (χ1v) is 7.22. The van der Waals surface area contributed by atoms with E-state index in [9.17, 15) is 13.5 Å². The molecule has 0 saturated heterocycles. The maximum atomic E-state index is 11.3. The minimum absolute atomic E-state index is 0.0130. The number of ether oxygens (including phenoxy) is 2. The first-order chi connectivity index (χ1) is 8.52. The van der Waals surface area contributed by atoms with Gasteiger partial charge in [-0.2, -0.15) is 0 Å². The maximum absolute atomic E-state index is 11.3. The van der Waals surface area contributed by atoms with Crippen molar-refractivity contribution in [3.8, 4) is 11.5 Å². The summed E-state index contributed by atoms with van der Waals surface area (Å²) in [5.74, 6) is 1.17. The lowest BCUT2D eigenvalue weighted by molar-refractivity contribution is 0.172. The predicted octanol–water partition coefficient (Wildman–Crippen LogP) is 0.388. The van der Waals surface area contributed by atoms with Gasteiger partial charge in [0.2, 0.25) is 16.8 Å². The van der Waals surface area contributed by atoms with E-state index < -0.39 is 16.1 Å². The zero-order chi connectivity index (χ0) is 13.2. The third kappa shape index (κ3) is 2.92. The van der Waals surface area contributed by atoms with E-state index in [0.717, 1.165) is 0 Å². The normalized spacial score (nSPS) is 15.7. The van der Waals surface area contributed by atoms with Crippen LogP contribution < -0.4 is 14.2 Å². The fraction of sp³-hybridized carbons (Fsp3) is 0.455. The van der Waals surface area contributed by atoms with Gasteiger partial charge >= 0.3 is 0 Å². The molecule has 7 heteroatoms. The van der Waals surface area contributed by atoms with Crippen LogP contribution in [0.25, 0.3) is 0 Å². The molecule has 0 aromatic heterocycles. The van der Waals surface area contributed by atoms with E-state index in [1.54, 1.807) is 18.2 Å². The third-order valence-electron chi connectivity index (χ3n) is 2.66. The number of sulfonamides is 1. The molecule has 0 bridgehead atoms. The van der Waals surface area contributed by atoms with Crippen LogP contribution in [0.5, 0.6) is 11.5 Å². The zero-order valence-corrected chi connectivity index (χ0v) is 10.7. The number of hydrogen-bond acceptors (Lipinski definition) is 5. The Kier molecular flexibility index (Phi) is 3.74. The summed E-state index contributed by atoms with van der Waals surface area (Å²) in [5, 5.41) is 9.89. The largest absolute Gasteiger partial charge is 0.454 e. The second kappa shape index (κ2) is 5.13. The van der Waals surface area contributed by atoms with Gasteiger partial charge in [-0.1, -0.05) is 6.07 Å². The summed E-state index contributed by atoms with van der Waals surface area (Å²) in [6.45, 7) is 1.64. The molecular formula is C11H15NO5S. The van der Waals surface area contributed by atoms with Gasteiger partial charge in [-0.3, -0.25) is 0 Å². The minimum atomic E-state index is -3.30. The highest BCUT2D eigenvalue weighted by molar-refractivity contribution is 7.89. The summed E-state index contributed by atoms with van der Waals surface area (Å²) in [6.07, 6.45) is -0.916. The number of aliphatic hydroxyl groups excluding tert-OH is 1. The Morgan fingerprint density at radius 3 is 2.83 bits per heavy atom. The Balaban J connectivity index is 2.03. The van der Waals surface area contributed by atoms with E-state index in [2.05, 4.69) is 4.72 Å². The number of benzene rings is 1. The monoisotopic (exact) mass is 273 g/mol. The number of rotatable bonds is 5. The van der Waals surface area contributed by atoms with Crippen LogP contribution in [-0.2, 0) is 10.0 Å². The van der Waals surface area contributed by atoms with Crippen molar-refractivity contribution in [2.45, 2.75) is 13.0 Å². The molecule has 0 spiro atoms. The van der Waals surface area contributed by atoms with Crippen LogP contribution in [0.3, 0.4) is 0 Å². The van der Waals surface area contributed by atoms with Crippen LogP contribution in [0.4, 0.5) is 0 Å². The molecule has 1 aliphatic heterocycles. The SMILES string of the molecule is CCS(=O)(=O)NCC(O)c1ccc2c(c1)OCO2. The van der Waals surface area contributed by atoms with Crippen molar-refractivity contribution in [1.82, 2.24) is 4.72 Å². The van der Waals surface area contributed by atoms with E-state index in [1.165, 1.54) is 6.92 Å². The van der Waals surface area contributed by atoms with Gasteiger partial charge in [-0.05, 0) is 24.6 Å². The quantitative estimate of drug-likeness (QED) is 0.810. The average molecular weight is 273 g/mol. The van der Waals surface area contributed by atoms with Crippen LogP contribution in [0, 0.1) is 0 Å². The molecule has 2 rings (SSSR count).